The Morgan fingerprint density at radius 1 is 0.553 bits per heavy atom. The van der Waals surface area contributed by atoms with Gasteiger partial charge < -0.3 is 9.47 Å². The largest absolute Gasteiger partial charge is 0.474 e. The van der Waals surface area contributed by atoms with Gasteiger partial charge in [-0.05, 0) is 75.2 Å². The molecule has 3 aromatic heterocycles. The second-order valence-corrected chi connectivity index (χ2v) is 10.9. The molecule has 0 amide bonds. The Balaban J connectivity index is 1.37. The molecular weight excluding hydrogens is 474 g/mol. The van der Waals surface area contributed by atoms with Crippen LogP contribution in [0.15, 0.2) is 89.1 Å². The van der Waals surface area contributed by atoms with E-state index in [1.165, 1.54) is 0 Å². The van der Waals surface area contributed by atoms with Crippen molar-refractivity contribution in [2.75, 3.05) is 13.2 Å². The summed E-state index contributed by atoms with van der Waals surface area (Å²) >= 11 is 0. The molecule has 5 heterocycles. The molecule has 2 aliphatic rings. The number of ether oxygens (including phenoxy) is 2. The lowest BCUT2D eigenvalue weighted by Gasteiger charge is -2.11. The lowest BCUT2D eigenvalue weighted by atomic mass is 10.0. The second kappa shape index (κ2) is 9.17. The first-order valence-corrected chi connectivity index (χ1v) is 12.7. The van der Waals surface area contributed by atoms with Crippen LogP contribution in [0, 0.1) is 0 Å². The van der Waals surface area contributed by atoms with Gasteiger partial charge in [-0.3, -0.25) is 9.97 Å². The molecule has 6 rings (SSSR count). The maximum absolute atomic E-state index is 5.76. The van der Waals surface area contributed by atoms with Crippen molar-refractivity contribution < 1.29 is 9.47 Å². The molecule has 0 atom stereocenters. The molecule has 7 heteroatoms. The van der Waals surface area contributed by atoms with E-state index < -0.39 is 0 Å². The van der Waals surface area contributed by atoms with Gasteiger partial charge in [0.05, 0.1) is 22.5 Å². The average molecular weight is 504 g/mol. The van der Waals surface area contributed by atoms with E-state index in [2.05, 4.69) is 44.2 Å². The molecule has 0 saturated carbocycles. The summed E-state index contributed by atoms with van der Waals surface area (Å²) in [6.07, 6.45) is 3.65. The zero-order chi connectivity index (χ0) is 26.3. The summed E-state index contributed by atoms with van der Waals surface area (Å²) in [6, 6.07) is 22.4. The van der Waals surface area contributed by atoms with Crippen LogP contribution in [0.25, 0.3) is 33.6 Å². The molecule has 1 aromatic carbocycles. The van der Waals surface area contributed by atoms with Gasteiger partial charge in [0.2, 0.25) is 11.8 Å². The second-order valence-electron chi connectivity index (χ2n) is 10.9. The minimum Gasteiger partial charge on any atom is -0.474 e. The monoisotopic (exact) mass is 503 g/mol. The predicted octanol–water partition coefficient (Wildman–Crippen LogP) is 5.98. The van der Waals surface area contributed by atoms with Crippen LogP contribution in [0.2, 0.25) is 0 Å². The van der Waals surface area contributed by atoms with Crippen molar-refractivity contribution in [2.24, 2.45) is 9.98 Å². The highest BCUT2D eigenvalue weighted by molar-refractivity contribution is 5.94. The van der Waals surface area contributed by atoms with Crippen LogP contribution in [-0.4, -0.2) is 51.0 Å². The molecule has 190 valence electrons. The van der Waals surface area contributed by atoms with Gasteiger partial charge in [-0.15, -0.1) is 0 Å². The number of rotatable bonds is 5. The summed E-state index contributed by atoms with van der Waals surface area (Å²) in [4.78, 5) is 23.5. The fourth-order valence-electron chi connectivity index (χ4n) is 4.40. The van der Waals surface area contributed by atoms with Crippen LogP contribution < -0.4 is 0 Å². The molecule has 0 radical (unpaired) electrons. The van der Waals surface area contributed by atoms with Gasteiger partial charge in [0.1, 0.15) is 24.6 Å². The first-order valence-electron chi connectivity index (χ1n) is 12.7. The first kappa shape index (κ1) is 24.0. The molecule has 0 aliphatic carbocycles. The van der Waals surface area contributed by atoms with Crippen molar-refractivity contribution in [3.63, 3.8) is 0 Å². The van der Waals surface area contributed by atoms with Crippen molar-refractivity contribution in [1.29, 1.82) is 0 Å². The summed E-state index contributed by atoms with van der Waals surface area (Å²) in [5.74, 6) is 1.16. The summed E-state index contributed by atoms with van der Waals surface area (Å²) in [7, 11) is 0. The van der Waals surface area contributed by atoms with Gasteiger partial charge in [0.15, 0.2) is 0 Å². The first-order chi connectivity index (χ1) is 18.2. The molecule has 0 N–H and O–H groups in total. The normalized spacial score (nSPS) is 17.4. The highest BCUT2D eigenvalue weighted by Gasteiger charge is 2.28. The van der Waals surface area contributed by atoms with E-state index in [0.717, 1.165) is 45.0 Å². The van der Waals surface area contributed by atoms with E-state index in [9.17, 15) is 0 Å². The van der Waals surface area contributed by atoms with Crippen molar-refractivity contribution in [3.8, 4) is 33.6 Å². The number of benzene rings is 1. The molecule has 0 unspecified atom stereocenters. The van der Waals surface area contributed by atoms with Crippen molar-refractivity contribution >= 4 is 11.8 Å². The number of aromatic nitrogens is 3. The summed E-state index contributed by atoms with van der Waals surface area (Å²) < 4.78 is 11.5. The van der Waals surface area contributed by atoms with E-state index >= 15 is 0 Å². The van der Waals surface area contributed by atoms with Gasteiger partial charge >= 0.3 is 0 Å². The van der Waals surface area contributed by atoms with Crippen molar-refractivity contribution in [2.45, 2.75) is 38.8 Å². The Hall–Kier alpha value is -4.39. The fraction of sp³-hybridized carbons (Fsp3) is 0.258. The van der Waals surface area contributed by atoms with Crippen LogP contribution in [0.1, 0.15) is 39.1 Å². The molecule has 38 heavy (non-hydrogen) atoms. The highest BCUT2D eigenvalue weighted by Crippen LogP contribution is 2.31. The predicted molar refractivity (Wildman–Crippen MR) is 149 cm³/mol. The molecule has 4 aromatic rings. The van der Waals surface area contributed by atoms with Crippen LogP contribution in [0.3, 0.4) is 0 Å². The maximum Gasteiger partial charge on any atom is 0.236 e. The third-order valence-corrected chi connectivity index (χ3v) is 6.42. The van der Waals surface area contributed by atoms with Gasteiger partial charge in [-0.1, -0.05) is 30.3 Å². The van der Waals surface area contributed by atoms with E-state index in [0.29, 0.717) is 25.0 Å². The van der Waals surface area contributed by atoms with E-state index in [1.807, 2.05) is 82.6 Å². The van der Waals surface area contributed by atoms with Gasteiger partial charge in [-0.2, -0.15) is 0 Å². The van der Waals surface area contributed by atoms with Crippen LogP contribution in [0.4, 0.5) is 0 Å². The van der Waals surface area contributed by atoms with Crippen LogP contribution in [-0.2, 0) is 9.47 Å². The molecule has 0 saturated heterocycles. The van der Waals surface area contributed by atoms with E-state index in [4.69, 9.17) is 14.5 Å². The lowest BCUT2D eigenvalue weighted by Crippen LogP contribution is -2.17. The molecular formula is C31H29N5O2. The Kier molecular flexibility index (Phi) is 5.79. The van der Waals surface area contributed by atoms with Crippen molar-refractivity contribution in [1.82, 2.24) is 15.0 Å². The number of hydrogen-bond donors (Lipinski definition) is 0. The van der Waals surface area contributed by atoms with Crippen LogP contribution >= 0.6 is 0 Å². The Labute approximate surface area is 222 Å². The van der Waals surface area contributed by atoms with Gasteiger partial charge in [-0.25, -0.2) is 15.0 Å². The molecule has 0 bridgehead atoms. The smallest absolute Gasteiger partial charge is 0.236 e. The molecule has 7 nitrogen and oxygen atoms in total. The number of hydrogen-bond acceptors (Lipinski definition) is 7. The fourth-order valence-corrected chi connectivity index (χ4v) is 4.40. The van der Waals surface area contributed by atoms with E-state index in [-0.39, 0.29) is 11.1 Å². The Morgan fingerprint density at radius 3 is 1.45 bits per heavy atom. The van der Waals surface area contributed by atoms with Crippen LogP contribution in [0.5, 0.6) is 0 Å². The summed E-state index contributed by atoms with van der Waals surface area (Å²) in [6.45, 7) is 9.30. The summed E-state index contributed by atoms with van der Waals surface area (Å²) in [5, 5.41) is 0. The zero-order valence-corrected chi connectivity index (χ0v) is 22.0. The number of nitrogens with zero attached hydrogens (tertiary/aromatic N) is 5. The quantitative estimate of drug-likeness (QED) is 0.334. The minimum absolute atomic E-state index is 0.230. The standard InChI is InChI=1S/C31H29N5O2/c1-30(2)18-37-28(35-30)24-12-10-21(16-32-24)26-14-23(20-8-6-5-7-9-20)15-27(34-26)22-11-13-25(33-17-22)29-36-31(3,4)19-38-29/h5-17H,18-19H2,1-4H3. The molecule has 0 spiro atoms. The highest BCUT2D eigenvalue weighted by atomic mass is 16.5. The van der Waals surface area contributed by atoms with Gasteiger partial charge in [0, 0.05) is 23.5 Å². The summed E-state index contributed by atoms with van der Waals surface area (Å²) in [5.41, 5.74) is 6.62. The topological polar surface area (TPSA) is 81.9 Å². The van der Waals surface area contributed by atoms with Gasteiger partial charge in [0.25, 0.3) is 0 Å². The molecule has 0 fully saturated rings. The average Bonchev–Trinajstić information content (AvgIpc) is 3.49. The Morgan fingerprint density at radius 2 is 1.05 bits per heavy atom. The van der Waals surface area contributed by atoms with E-state index in [1.54, 1.807) is 0 Å². The number of aliphatic imine (C=N–C) groups is 2. The SMILES string of the molecule is CC1(C)COC(c2ccc(-c3cc(-c4ccccc4)cc(-c4ccc(C5=NC(C)(C)CO5)nc4)n3)cn2)=N1. The molecule has 2 aliphatic heterocycles. The minimum atomic E-state index is -0.230. The maximum atomic E-state index is 5.76. The zero-order valence-electron chi connectivity index (χ0n) is 22.0. The van der Waals surface area contributed by atoms with Crippen molar-refractivity contribution in [3.05, 3.63) is 90.5 Å². The lowest BCUT2D eigenvalue weighted by molar-refractivity contribution is 0.279. The number of pyridine rings is 3. The Bertz CT molecular complexity index is 1440. The third-order valence-electron chi connectivity index (χ3n) is 6.42. The third kappa shape index (κ3) is 4.92.